The van der Waals surface area contributed by atoms with Gasteiger partial charge in [-0.25, -0.2) is 9.48 Å². The van der Waals surface area contributed by atoms with Gasteiger partial charge < -0.3 is 14.2 Å². The number of esters is 1. The first kappa shape index (κ1) is 20.3. The quantitative estimate of drug-likeness (QED) is 0.592. The molecule has 1 aromatic carbocycles. The number of carbonyl (C=O) groups excluding carboxylic acids is 1. The van der Waals surface area contributed by atoms with Crippen molar-refractivity contribution in [2.75, 3.05) is 19.8 Å². The van der Waals surface area contributed by atoms with Crippen molar-refractivity contribution >= 4 is 34.7 Å². The lowest BCUT2D eigenvalue weighted by molar-refractivity contribution is -0.145. The average molecular weight is 399 g/mol. The third-order valence-electron chi connectivity index (χ3n) is 3.47. The lowest BCUT2D eigenvalue weighted by Crippen LogP contribution is -2.14. The molecule has 0 N–H and O–H groups in total. The number of aromatic nitrogens is 2. The first-order chi connectivity index (χ1) is 12.5. The standard InChI is InChI=1S/C18H20Cl2N2O4/c1-4-24-11-22-14(8-9-21-22)12(3)13-6-7-15(18(20)17(13)19)26-10-16(23)25-5-2/h6-9H,3-5,10-11H2,1-2H3. The van der Waals surface area contributed by atoms with E-state index in [0.717, 1.165) is 5.69 Å². The normalized spacial score (nSPS) is 10.6. The second kappa shape index (κ2) is 9.62. The highest BCUT2D eigenvalue weighted by Crippen LogP contribution is 2.38. The molecule has 26 heavy (non-hydrogen) atoms. The molecule has 0 unspecified atom stereocenters. The molecular weight excluding hydrogens is 379 g/mol. The summed E-state index contributed by atoms with van der Waals surface area (Å²) in [6.07, 6.45) is 1.66. The zero-order chi connectivity index (χ0) is 19.1. The van der Waals surface area contributed by atoms with Crippen LogP contribution in [0.3, 0.4) is 0 Å². The van der Waals surface area contributed by atoms with Crippen LogP contribution in [0.4, 0.5) is 0 Å². The van der Waals surface area contributed by atoms with Crippen molar-refractivity contribution in [2.24, 2.45) is 0 Å². The van der Waals surface area contributed by atoms with Crippen LogP contribution in [0, 0.1) is 0 Å². The predicted molar refractivity (Wildman–Crippen MR) is 101 cm³/mol. The molecule has 2 rings (SSSR count). The molecule has 0 radical (unpaired) electrons. The van der Waals surface area contributed by atoms with Gasteiger partial charge in [0.25, 0.3) is 0 Å². The van der Waals surface area contributed by atoms with E-state index in [0.29, 0.717) is 30.2 Å². The summed E-state index contributed by atoms with van der Waals surface area (Å²) in [4.78, 5) is 11.4. The number of hydrogen-bond acceptors (Lipinski definition) is 5. The molecule has 0 spiro atoms. The molecule has 1 heterocycles. The van der Waals surface area contributed by atoms with Crippen LogP contribution >= 0.6 is 23.2 Å². The van der Waals surface area contributed by atoms with Crippen LogP contribution in [0.5, 0.6) is 5.75 Å². The fourth-order valence-corrected chi connectivity index (χ4v) is 2.71. The largest absolute Gasteiger partial charge is 0.480 e. The SMILES string of the molecule is C=C(c1ccc(OCC(=O)OCC)c(Cl)c1Cl)c1ccnn1COCC. The van der Waals surface area contributed by atoms with Crippen molar-refractivity contribution in [3.05, 3.63) is 52.3 Å². The van der Waals surface area contributed by atoms with E-state index >= 15 is 0 Å². The number of carbonyl (C=O) groups is 1. The van der Waals surface area contributed by atoms with Crippen LogP contribution in [0.25, 0.3) is 5.57 Å². The number of hydrogen-bond donors (Lipinski definition) is 0. The molecule has 0 saturated heterocycles. The van der Waals surface area contributed by atoms with Crippen molar-refractivity contribution in [1.29, 1.82) is 0 Å². The van der Waals surface area contributed by atoms with E-state index in [2.05, 4.69) is 11.7 Å². The minimum atomic E-state index is -0.479. The Labute approximate surface area is 162 Å². The van der Waals surface area contributed by atoms with Gasteiger partial charge in [0.05, 0.1) is 17.3 Å². The van der Waals surface area contributed by atoms with Crippen molar-refractivity contribution in [2.45, 2.75) is 20.6 Å². The van der Waals surface area contributed by atoms with Crippen LogP contribution in [-0.4, -0.2) is 35.6 Å². The average Bonchev–Trinajstić information content (AvgIpc) is 3.09. The third-order valence-corrected chi connectivity index (χ3v) is 4.33. The highest BCUT2D eigenvalue weighted by molar-refractivity contribution is 6.44. The molecule has 8 heteroatoms. The summed E-state index contributed by atoms with van der Waals surface area (Å²) in [5.41, 5.74) is 2.04. The van der Waals surface area contributed by atoms with E-state index in [1.807, 2.05) is 13.0 Å². The monoisotopic (exact) mass is 398 g/mol. The molecule has 0 amide bonds. The lowest BCUT2D eigenvalue weighted by Gasteiger charge is -2.14. The van der Waals surface area contributed by atoms with Gasteiger partial charge in [-0.15, -0.1) is 0 Å². The third kappa shape index (κ3) is 4.78. The van der Waals surface area contributed by atoms with Crippen LogP contribution in [0.15, 0.2) is 31.0 Å². The number of rotatable bonds is 9. The van der Waals surface area contributed by atoms with E-state index in [1.165, 1.54) is 0 Å². The van der Waals surface area contributed by atoms with Crippen molar-refractivity contribution in [3.63, 3.8) is 0 Å². The van der Waals surface area contributed by atoms with E-state index in [9.17, 15) is 4.79 Å². The maximum absolute atomic E-state index is 11.4. The van der Waals surface area contributed by atoms with Crippen molar-refractivity contribution in [3.8, 4) is 5.75 Å². The van der Waals surface area contributed by atoms with Gasteiger partial charge in [-0.3, -0.25) is 0 Å². The van der Waals surface area contributed by atoms with E-state index in [4.69, 9.17) is 37.4 Å². The maximum Gasteiger partial charge on any atom is 0.344 e. The molecule has 0 aliphatic rings. The summed E-state index contributed by atoms with van der Waals surface area (Å²) in [5, 5.41) is 4.69. The van der Waals surface area contributed by atoms with E-state index in [-0.39, 0.29) is 23.3 Å². The highest BCUT2D eigenvalue weighted by Gasteiger charge is 2.17. The molecule has 140 valence electrons. The molecule has 0 fully saturated rings. The lowest BCUT2D eigenvalue weighted by atomic mass is 10.0. The van der Waals surface area contributed by atoms with Gasteiger partial charge in [0.1, 0.15) is 17.5 Å². The van der Waals surface area contributed by atoms with Gasteiger partial charge in [-0.05, 0) is 32.0 Å². The van der Waals surface area contributed by atoms with Gasteiger partial charge in [0.15, 0.2) is 6.61 Å². The smallest absolute Gasteiger partial charge is 0.344 e. The minimum Gasteiger partial charge on any atom is -0.480 e. The van der Waals surface area contributed by atoms with Crippen LogP contribution < -0.4 is 4.74 Å². The van der Waals surface area contributed by atoms with E-state index in [1.54, 1.807) is 29.9 Å². The summed E-state index contributed by atoms with van der Waals surface area (Å²) in [7, 11) is 0. The molecule has 6 nitrogen and oxygen atoms in total. The van der Waals surface area contributed by atoms with E-state index < -0.39 is 5.97 Å². The molecule has 0 bridgehead atoms. The van der Waals surface area contributed by atoms with Gasteiger partial charge in [-0.1, -0.05) is 29.8 Å². The van der Waals surface area contributed by atoms with Crippen LogP contribution in [-0.2, 0) is 21.0 Å². The van der Waals surface area contributed by atoms with Gasteiger partial charge >= 0.3 is 5.97 Å². The number of ether oxygens (including phenoxy) is 3. The molecule has 0 aliphatic heterocycles. The van der Waals surface area contributed by atoms with Crippen LogP contribution in [0.2, 0.25) is 10.0 Å². The Kier molecular flexibility index (Phi) is 7.50. The Bertz CT molecular complexity index is 789. The Hall–Kier alpha value is -2.02. The maximum atomic E-state index is 11.4. The summed E-state index contributed by atoms with van der Waals surface area (Å²) in [6.45, 7) is 8.64. The topological polar surface area (TPSA) is 62.6 Å². The molecular formula is C18H20Cl2N2O4. The molecule has 0 saturated carbocycles. The molecule has 0 aliphatic carbocycles. The summed E-state index contributed by atoms with van der Waals surface area (Å²) in [5.74, 6) is -0.183. The Morgan fingerprint density at radius 3 is 2.65 bits per heavy atom. The predicted octanol–water partition coefficient (Wildman–Crippen LogP) is 4.19. The Morgan fingerprint density at radius 2 is 1.96 bits per heavy atom. The number of halogens is 2. The van der Waals surface area contributed by atoms with Crippen LogP contribution in [0.1, 0.15) is 25.1 Å². The van der Waals surface area contributed by atoms with Crippen molar-refractivity contribution in [1.82, 2.24) is 9.78 Å². The second-order valence-electron chi connectivity index (χ2n) is 5.15. The molecule has 1 aromatic heterocycles. The molecule has 0 atom stereocenters. The summed E-state index contributed by atoms with van der Waals surface area (Å²) >= 11 is 12.7. The zero-order valence-electron chi connectivity index (χ0n) is 14.6. The Morgan fingerprint density at radius 1 is 1.19 bits per heavy atom. The Balaban J connectivity index is 2.20. The molecule has 2 aromatic rings. The number of benzene rings is 1. The van der Waals surface area contributed by atoms with Crippen molar-refractivity contribution < 1.29 is 19.0 Å². The zero-order valence-corrected chi connectivity index (χ0v) is 16.1. The second-order valence-corrected chi connectivity index (χ2v) is 5.91. The first-order valence-corrected chi connectivity index (χ1v) is 8.80. The van der Waals surface area contributed by atoms with Gasteiger partial charge in [-0.2, -0.15) is 5.10 Å². The highest BCUT2D eigenvalue weighted by atomic mass is 35.5. The fourth-order valence-electron chi connectivity index (χ4n) is 2.22. The minimum absolute atomic E-state index is 0.200. The number of nitrogens with zero attached hydrogens (tertiary/aromatic N) is 2. The first-order valence-electron chi connectivity index (χ1n) is 8.05. The van der Waals surface area contributed by atoms with Gasteiger partial charge in [0, 0.05) is 23.9 Å². The summed E-state index contributed by atoms with van der Waals surface area (Å²) < 4.78 is 17.3. The van der Waals surface area contributed by atoms with Gasteiger partial charge in [0.2, 0.25) is 0 Å². The summed E-state index contributed by atoms with van der Waals surface area (Å²) in [6, 6.07) is 5.18. The fraction of sp³-hybridized carbons (Fsp3) is 0.333.